The summed E-state index contributed by atoms with van der Waals surface area (Å²) in [5, 5.41) is 3.23. The first kappa shape index (κ1) is 12.9. The van der Waals surface area contributed by atoms with Crippen molar-refractivity contribution in [2.45, 2.75) is 46.2 Å². The first-order valence-corrected chi connectivity index (χ1v) is 5.41. The zero-order valence-electron chi connectivity index (χ0n) is 10.1. The summed E-state index contributed by atoms with van der Waals surface area (Å²) in [5.74, 6) is 0.712. The van der Waals surface area contributed by atoms with E-state index >= 15 is 0 Å². The molecule has 0 rings (SSSR count). The Morgan fingerprint density at radius 2 is 1.77 bits per heavy atom. The van der Waals surface area contributed by atoms with E-state index in [2.05, 4.69) is 45.0 Å². The molecule has 3 unspecified atom stereocenters. The van der Waals surface area contributed by atoms with Gasteiger partial charge in [0, 0.05) is 12.1 Å². The average molecular weight is 186 g/mol. The fraction of sp³-hybridized carbons (Fsp3) is 1.00. The van der Waals surface area contributed by atoms with Crippen molar-refractivity contribution in [3.8, 4) is 0 Å². The van der Waals surface area contributed by atoms with Gasteiger partial charge < -0.3 is 10.2 Å². The van der Waals surface area contributed by atoms with Crippen molar-refractivity contribution in [1.29, 1.82) is 0 Å². The molecule has 0 bridgehead atoms. The van der Waals surface area contributed by atoms with Crippen LogP contribution in [0.2, 0.25) is 0 Å². The molecule has 0 aromatic rings. The zero-order valence-corrected chi connectivity index (χ0v) is 10.1. The van der Waals surface area contributed by atoms with Crippen LogP contribution < -0.4 is 5.32 Å². The van der Waals surface area contributed by atoms with Crippen molar-refractivity contribution in [2.75, 3.05) is 20.6 Å². The van der Waals surface area contributed by atoms with Crippen molar-refractivity contribution in [2.24, 2.45) is 5.92 Å². The molecule has 0 saturated carbocycles. The predicted octanol–water partition coefficient (Wildman–Crippen LogP) is 1.96. The molecule has 0 aromatic carbocycles. The maximum absolute atomic E-state index is 3.23. The molecule has 80 valence electrons. The second-order valence-electron chi connectivity index (χ2n) is 4.20. The van der Waals surface area contributed by atoms with E-state index in [1.165, 1.54) is 6.42 Å². The minimum Gasteiger partial charge on any atom is -0.319 e. The van der Waals surface area contributed by atoms with Crippen LogP contribution in [0.15, 0.2) is 0 Å². The SMILES string of the molecule is CCC(C)N(C)C(C)C(C)CNC. The molecule has 0 aliphatic rings. The molecule has 0 fully saturated rings. The molecule has 0 saturated heterocycles. The minimum absolute atomic E-state index is 0.655. The molecule has 1 N–H and O–H groups in total. The van der Waals surface area contributed by atoms with Gasteiger partial charge in [-0.3, -0.25) is 0 Å². The second-order valence-corrected chi connectivity index (χ2v) is 4.20. The van der Waals surface area contributed by atoms with Crippen molar-refractivity contribution in [3.63, 3.8) is 0 Å². The number of hydrogen-bond donors (Lipinski definition) is 1. The highest BCUT2D eigenvalue weighted by Gasteiger charge is 2.19. The topological polar surface area (TPSA) is 15.3 Å². The molecule has 0 radical (unpaired) electrons. The van der Waals surface area contributed by atoms with Crippen LogP contribution in [-0.2, 0) is 0 Å². The Kier molecular flexibility index (Phi) is 6.35. The molecule has 2 heteroatoms. The van der Waals surface area contributed by atoms with Gasteiger partial charge in [0.2, 0.25) is 0 Å². The summed E-state index contributed by atoms with van der Waals surface area (Å²) in [6.45, 7) is 10.3. The molecule has 0 aliphatic carbocycles. The van der Waals surface area contributed by atoms with Crippen molar-refractivity contribution in [1.82, 2.24) is 10.2 Å². The number of hydrogen-bond acceptors (Lipinski definition) is 2. The highest BCUT2D eigenvalue weighted by atomic mass is 15.2. The van der Waals surface area contributed by atoms with Gasteiger partial charge in [-0.1, -0.05) is 13.8 Å². The third-order valence-electron chi connectivity index (χ3n) is 3.28. The number of nitrogens with zero attached hydrogens (tertiary/aromatic N) is 1. The van der Waals surface area contributed by atoms with E-state index in [1.807, 2.05) is 7.05 Å². The molecular formula is C11H26N2. The lowest BCUT2D eigenvalue weighted by atomic mass is 10.0. The Hall–Kier alpha value is -0.0800. The Balaban J connectivity index is 3.99. The Bertz CT molecular complexity index is 125. The van der Waals surface area contributed by atoms with Gasteiger partial charge in [0.25, 0.3) is 0 Å². The first-order chi connectivity index (χ1) is 6.04. The Morgan fingerprint density at radius 1 is 1.23 bits per heavy atom. The van der Waals surface area contributed by atoms with Gasteiger partial charge in [-0.2, -0.15) is 0 Å². The third-order valence-corrected chi connectivity index (χ3v) is 3.28. The number of rotatable bonds is 6. The molecule has 13 heavy (non-hydrogen) atoms. The van der Waals surface area contributed by atoms with E-state index in [1.54, 1.807) is 0 Å². The number of nitrogens with one attached hydrogen (secondary N) is 1. The minimum atomic E-state index is 0.655. The molecule has 2 nitrogen and oxygen atoms in total. The standard InChI is InChI=1S/C11H26N2/c1-7-10(3)13(6)11(4)9(2)8-12-5/h9-12H,7-8H2,1-6H3. The van der Waals surface area contributed by atoms with Gasteiger partial charge in [0.05, 0.1) is 0 Å². The van der Waals surface area contributed by atoms with Crippen LogP contribution in [0.25, 0.3) is 0 Å². The maximum atomic E-state index is 3.23. The van der Waals surface area contributed by atoms with Crippen LogP contribution in [0.1, 0.15) is 34.1 Å². The Morgan fingerprint density at radius 3 is 2.15 bits per heavy atom. The van der Waals surface area contributed by atoms with E-state index in [0.717, 1.165) is 6.54 Å². The summed E-state index contributed by atoms with van der Waals surface area (Å²) in [6.07, 6.45) is 1.23. The summed E-state index contributed by atoms with van der Waals surface area (Å²) in [4.78, 5) is 2.47. The first-order valence-electron chi connectivity index (χ1n) is 5.41. The molecule has 0 aromatic heterocycles. The average Bonchev–Trinajstić information content (AvgIpc) is 2.14. The lowest BCUT2D eigenvalue weighted by molar-refractivity contribution is 0.147. The quantitative estimate of drug-likeness (QED) is 0.682. The van der Waals surface area contributed by atoms with E-state index in [0.29, 0.717) is 18.0 Å². The van der Waals surface area contributed by atoms with Crippen molar-refractivity contribution < 1.29 is 0 Å². The van der Waals surface area contributed by atoms with Gasteiger partial charge in [0.1, 0.15) is 0 Å². The zero-order chi connectivity index (χ0) is 10.4. The lowest BCUT2D eigenvalue weighted by Gasteiger charge is -2.34. The van der Waals surface area contributed by atoms with E-state index in [9.17, 15) is 0 Å². The lowest BCUT2D eigenvalue weighted by Crippen LogP contribution is -2.42. The van der Waals surface area contributed by atoms with Gasteiger partial charge in [0.15, 0.2) is 0 Å². The smallest absolute Gasteiger partial charge is 0.0104 e. The highest BCUT2D eigenvalue weighted by Crippen LogP contribution is 2.12. The summed E-state index contributed by atoms with van der Waals surface area (Å²) < 4.78 is 0. The van der Waals surface area contributed by atoms with Crippen molar-refractivity contribution >= 4 is 0 Å². The molecule has 0 aliphatic heterocycles. The molecular weight excluding hydrogens is 160 g/mol. The normalized spacial score (nSPS) is 18.7. The van der Waals surface area contributed by atoms with Crippen LogP contribution in [0.3, 0.4) is 0 Å². The predicted molar refractivity (Wildman–Crippen MR) is 60.1 cm³/mol. The largest absolute Gasteiger partial charge is 0.319 e. The van der Waals surface area contributed by atoms with Gasteiger partial charge in [-0.15, -0.1) is 0 Å². The summed E-state index contributed by atoms with van der Waals surface area (Å²) in [5.41, 5.74) is 0. The van der Waals surface area contributed by atoms with Crippen LogP contribution in [0.4, 0.5) is 0 Å². The molecule has 3 atom stereocenters. The summed E-state index contributed by atoms with van der Waals surface area (Å²) in [6, 6.07) is 1.34. The van der Waals surface area contributed by atoms with Crippen LogP contribution >= 0.6 is 0 Å². The van der Waals surface area contributed by atoms with Gasteiger partial charge in [-0.05, 0) is 46.8 Å². The second kappa shape index (κ2) is 6.39. The summed E-state index contributed by atoms with van der Waals surface area (Å²) in [7, 11) is 4.25. The Labute approximate surface area is 83.7 Å². The van der Waals surface area contributed by atoms with E-state index in [-0.39, 0.29) is 0 Å². The summed E-state index contributed by atoms with van der Waals surface area (Å²) >= 11 is 0. The van der Waals surface area contributed by atoms with Crippen LogP contribution in [-0.4, -0.2) is 37.6 Å². The third kappa shape index (κ3) is 4.10. The molecule has 0 spiro atoms. The highest BCUT2D eigenvalue weighted by molar-refractivity contribution is 4.74. The molecule has 0 amide bonds. The fourth-order valence-corrected chi connectivity index (χ4v) is 1.58. The van der Waals surface area contributed by atoms with Gasteiger partial charge >= 0.3 is 0 Å². The van der Waals surface area contributed by atoms with Crippen molar-refractivity contribution in [3.05, 3.63) is 0 Å². The van der Waals surface area contributed by atoms with Crippen LogP contribution in [0.5, 0.6) is 0 Å². The fourth-order valence-electron chi connectivity index (χ4n) is 1.58. The van der Waals surface area contributed by atoms with Gasteiger partial charge in [-0.25, -0.2) is 0 Å². The monoisotopic (exact) mass is 186 g/mol. The van der Waals surface area contributed by atoms with E-state index < -0.39 is 0 Å². The van der Waals surface area contributed by atoms with Crippen LogP contribution in [0, 0.1) is 5.92 Å². The maximum Gasteiger partial charge on any atom is 0.0104 e. The molecule has 0 heterocycles. The van der Waals surface area contributed by atoms with E-state index in [4.69, 9.17) is 0 Å².